The van der Waals surface area contributed by atoms with E-state index >= 15 is 0 Å². The van der Waals surface area contributed by atoms with Crippen LogP contribution in [0.5, 0.6) is 0 Å². The van der Waals surface area contributed by atoms with Gasteiger partial charge in [-0.15, -0.1) is 0 Å². The predicted octanol–water partition coefficient (Wildman–Crippen LogP) is 2.03. The molecule has 3 heteroatoms. The molecule has 0 unspecified atom stereocenters. The molecule has 0 amide bonds. The minimum atomic E-state index is 0. The summed E-state index contributed by atoms with van der Waals surface area (Å²) in [4.78, 5) is 0. The second kappa shape index (κ2) is 11.8. The topological polar surface area (TPSA) is 0 Å². The largest absolute Gasteiger partial charge is 1.00 e. The maximum atomic E-state index is 5.02. The molecule has 0 saturated carbocycles. The third-order valence-corrected chi connectivity index (χ3v) is 4.92. The first-order chi connectivity index (χ1) is 10.7. The fraction of sp³-hybridized carbons (Fsp3) is 0.300. The normalized spacial score (nSPS) is 9.91. The summed E-state index contributed by atoms with van der Waals surface area (Å²) in [6.07, 6.45) is 0. The van der Waals surface area contributed by atoms with Gasteiger partial charge in [0.1, 0.15) is 0 Å². The maximum absolute atomic E-state index is 5.02. The van der Waals surface area contributed by atoms with Crippen molar-refractivity contribution >= 4 is 24.4 Å². The average Bonchev–Trinajstić information content (AvgIpc) is 2.54. The summed E-state index contributed by atoms with van der Waals surface area (Å²) >= 11 is 7.01. The summed E-state index contributed by atoms with van der Waals surface area (Å²) in [6.45, 7) is 4.51. The summed E-state index contributed by atoms with van der Waals surface area (Å²) in [7, 11) is 0. The quantitative estimate of drug-likeness (QED) is 0.452. The van der Waals surface area contributed by atoms with E-state index in [4.69, 9.17) is 12.6 Å². The van der Waals surface area contributed by atoms with Crippen molar-refractivity contribution in [1.82, 2.24) is 0 Å². The van der Waals surface area contributed by atoms with E-state index in [1.807, 2.05) is 36.0 Å². The Morgan fingerprint density at radius 1 is 0.870 bits per heavy atom. The first-order valence-electron chi connectivity index (χ1n) is 7.53. The molecule has 0 spiro atoms. The zero-order valence-electron chi connectivity index (χ0n) is 14.1. The Hall–Kier alpha value is 0.336. The van der Waals surface area contributed by atoms with Crippen molar-refractivity contribution in [2.45, 2.75) is 25.4 Å². The van der Waals surface area contributed by atoms with Gasteiger partial charge in [0.15, 0.2) is 0 Å². The van der Waals surface area contributed by atoms with Crippen LogP contribution in [0.25, 0.3) is 0 Å². The summed E-state index contributed by atoms with van der Waals surface area (Å²) in [5.41, 5.74) is 4.63. The fourth-order valence-corrected chi connectivity index (χ4v) is 3.14. The van der Waals surface area contributed by atoms with Crippen molar-refractivity contribution in [2.75, 3.05) is 5.75 Å². The summed E-state index contributed by atoms with van der Waals surface area (Å²) in [6, 6.07) is 16.7. The zero-order chi connectivity index (χ0) is 15.8. The van der Waals surface area contributed by atoms with Gasteiger partial charge in [0.2, 0.25) is 0 Å². The minimum Gasteiger partial charge on any atom is -0.788 e. The third-order valence-electron chi connectivity index (χ3n) is 3.15. The molecule has 0 atom stereocenters. The standard InChI is InChI=1S/C20H22S2.K/c1-16(2)14-22-15-20-11-7-18(8-12-20)4-3-17-5-9-19(13-21)10-6-17;/h5-12,16,21H,13-15H2,1-2H3;/q;+1/p-1. The van der Waals surface area contributed by atoms with E-state index < -0.39 is 0 Å². The van der Waals surface area contributed by atoms with Gasteiger partial charge in [-0.3, -0.25) is 0 Å². The SMILES string of the molecule is CC(C)CSCc1ccc(C#Cc2ccc(C[S-])cc2)cc1.[K+]. The van der Waals surface area contributed by atoms with Gasteiger partial charge in [0.05, 0.1) is 0 Å². The predicted molar refractivity (Wildman–Crippen MR) is 101 cm³/mol. The second-order valence-electron chi connectivity index (χ2n) is 5.70. The molecule has 0 aliphatic carbocycles. The minimum absolute atomic E-state index is 0. The van der Waals surface area contributed by atoms with Gasteiger partial charge < -0.3 is 12.6 Å². The van der Waals surface area contributed by atoms with Crippen LogP contribution in [0, 0.1) is 17.8 Å². The Balaban J connectivity index is 0.00000264. The molecule has 0 saturated heterocycles. The van der Waals surface area contributed by atoms with Crippen LogP contribution < -0.4 is 51.4 Å². The molecule has 0 fully saturated rings. The van der Waals surface area contributed by atoms with E-state index in [9.17, 15) is 0 Å². The van der Waals surface area contributed by atoms with Gasteiger partial charge in [0, 0.05) is 16.9 Å². The molecule has 0 N–H and O–H groups in total. The van der Waals surface area contributed by atoms with Gasteiger partial charge in [-0.25, -0.2) is 0 Å². The number of hydrogen-bond donors (Lipinski definition) is 0. The molecule has 2 aromatic rings. The van der Waals surface area contributed by atoms with Crippen LogP contribution in [0.4, 0.5) is 0 Å². The molecule has 23 heavy (non-hydrogen) atoms. The third kappa shape index (κ3) is 8.31. The first-order valence-corrected chi connectivity index (χ1v) is 9.26. The number of hydrogen-bond acceptors (Lipinski definition) is 2. The number of rotatable bonds is 5. The Labute approximate surface area is 193 Å². The van der Waals surface area contributed by atoms with E-state index in [1.54, 1.807) is 0 Å². The molecule has 0 aliphatic rings. The van der Waals surface area contributed by atoms with Crippen LogP contribution in [0.3, 0.4) is 0 Å². The van der Waals surface area contributed by atoms with E-state index in [1.165, 1.54) is 16.9 Å². The van der Waals surface area contributed by atoms with Crippen molar-refractivity contribution in [2.24, 2.45) is 5.92 Å². The molecular weight excluding hydrogens is 343 g/mol. The summed E-state index contributed by atoms with van der Waals surface area (Å²) < 4.78 is 0. The number of thioether (sulfide) groups is 1. The summed E-state index contributed by atoms with van der Waals surface area (Å²) in [5.74, 6) is 10.1. The van der Waals surface area contributed by atoms with Crippen molar-refractivity contribution in [3.63, 3.8) is 0 Å². The van der Waals surface area contributed by atoms with Gasteiger partial charge >= 0.3 is 51.4 Å². The van der Waals surface area contributed by atoms with Crippen molar-refractivity contribution < 1.29 is 51.4 Å². The molecule has 0 bridgehead atoms. The Morgan fingerprint density at radius 2 is 1.35 bits per heavy atom. The molecule has 0 heterocycles. The van der Waals surface area contributed by atoms with E-state index in [-0.39, 0.29) is 51.4 Å². The van der Waals surface area contributed by atoms with Gasteiger partial charge in [-0.2, -0.15) is 17.5 Å². The van der Waals surface area contributed by atoms with Crippen LogP contribution in [0.2, 0.25) is 0 Å². The van der Waals surface area contributed by atoms with Crippen LogP contribution in [-0.4, -0.2) is 5.75 Å². The Kier molecular flexibility index (Phi) is 11.0. The molecular formula is C20H21KS2. The van der Waals surface area contributed by atoms with Crippen LogP contribution in [0.15, 0.2) is 48.5 Å². The average molecular weight is 365 g/mol. The van der Waals surface area contributed by atoms with Gasteiger partial charge in [-0.05, 0) is 41.5 Å². The van der Waals surface area contributed by atoms with Crippen molar-refractivity contribution in [3.8, 4) is 11.8 Å². The van der Waals surface area contributed by atoms with Crippen LogP contribution in [-0.2, 0) is 24.1 Å². The van der Waals surface area contributed by atoms with Crippen LogP contribution >= 0.6 is 11.8 Å². The van der Waals surface area contributed by atoms with E-state index in [2.05, 4.69) is 50.0 Å². The van der Waals surface area contributed by atoms with E-state index in [0.29, 0.717) is 5.75 Å². The smallest absolute Gasteiger partial charge is 0.788 e. The van der Waals surface area contributed by atoms with E-state index in [0.717, 1.165) is 22.8 Å². The zero-order valence-corrected chi connectivity index (χ0v) is 18.9. The van der Waals surface area contributed by atoms with Gasteiger partial charge in [-0.1, -0.05) is 55.5 Å². The molecule has 0 aliphatic heterocycles. The van der Waals surface area contributed by atoms with Crippen molar-refractivity contribution in [3.05, 3.63) is 70.8 Å². The molecule has 114 valence electrons. The molecule has 2 aromatic carbocycles. The maximum Gasteiger partial charge on any atom is 1.00 e. The number of benzene rings is 2. The van der Waals surface area contributed by atoms with Gasteiger partial charge in [0.25, 0.3) is 0 Å². The second-order valence-corrected chi connectivity index (χ2v) is 7.02. The molecule has 2 rings (SSSR count). The Morgan fingerprint density at radius 3 is 1.78 bits per heavy atom. The molecule has 0 nitrogen and oxygen atoms in total. The molecule has 0 aromatic heterocycles. The first kappa shape index (κ1) is 21.4. The monoisotopic (exact) mass is 364 g/mol. The van der Waals surface area contributed by atoms with Crippen LogP contribution in [0.1, 0.15) is 36.1 Å². The molecule has 0 radical (unpaired) electrons. The Bertz CT molecular complexity index is 634. The fourth-order valence-electron chi connectivity index (χ4n) is 1.93. The van der Waals surface area contributed by atoms with Crippen molar-refractivity contribution in [1.29, 1.82) is 0 Å². The summed E-state index contributed by atoms with van der Waals surface area (Å²) in [5, 5.41) is 0.